The highest BCUT2D eigenvalue weighted by Gasteiger charge is 2.21. The monoisotopic (exact) mass is 1710 g/mol. The second-order valence-corrected chi connectivity index (χ2v) is 28.1. The van der Waals surface area contributed by atoms with E-state index in [2.05, 4.69) is 0 Å². The maximum atomic E-state index is 11.3. The van der Waals surface area contributed by atoms with Crippen molar-refractivity contribution in [2.75, 3.05) is 0 Å². The van der Waals surface area contributed by atoms with Gasteiger partial charge in [0.05, 0.1) is 61.9 Å². The Kier molecular flexibility index (Phi) is 31.7. The highest BCUT2D eigenvalue weighted by Crippen LogP contribution is 2.41. The van der Waals surface area contributed by atoms with Gasteiger partial charge in [-0.1, -0.05) is 269 Å². The summed E-state index contributed by atoms with van der Waals surface area (Å²) in [5.74, 6) is -8.01. The largest absolute Gasteiger partial charge is 0.545 e. The van der Waals surface area contributed by atoms with E-state index < -0.39 is 47.7 Å². The van der Waals surface area contributed by atoms with E-state index in [0.29, 0.717) is 109 Å². The van der Waals surface area contributed by atoms with Gasteiger partial charge in [0.15, 0.2) is 0 Å². The van der Waals surface area contributed by atoms with E-state index in [-0.39, 0.29) is 106 Å². The molecule has 0 radical (unpaired) electrons. The van der Waals surface area contributed by atoms with Crippen LogP contribution in [0.4, 0.5) is 0 Å². The Morgan fingerprint density at radius 1 is 0.250 bits per heavy atom. The number of benzene rings is 12. The quantitative estimate of drug-likeness (QED) is 0.0476. The summed E-state index contributed by atoms with van der Waals surface area (Å²) in [6.45, 7) is 0.414. The van der Waals surface area contributed by atoms with Crippen molar-refractivity contribution in [3.05, 3.63) is 394 Å². The topological polar surface area (TPSA) is 361 Å². The van der Waals surface area contributed by atoms with Crippen molar-refractivity contribution in [3.63, 3.8) is 0 Å². The van der Waals surface area contributed by atoms with Crippen molar-refractivity contribution in [1.82, 2.24) is 0 Å². The zero-order valence-corrected chi connectivity index (χ0v) is 66.2. The summed E-state index contributed by atoms with van der Waals surface area (Å²) < 4.78 is 23.0. The van der Waals surface area contributed by atoms with Crippen LogP contribution in [0.2, 0.25) is 40.2 Å². The number of halogens is 8. The zero-order chi connectivity index (χ0) is 83.9. The number of ether oxygens (including phenoxy) is 4. The van der Waals surface area contributed by atoms with Gasteiger partial charge in [-0.15, -0.1) is 0 Å². The molecule has 0 spiro atoms. The van der Waals surface area contributed by atoms with Gasteiger partial charge < -0.3 is 94.0 Å². The van der Waals surface area contributed by atoms with Crippen LogP contribution in [-0.4, -0.2) is 47.7 Å². The minimum atomic E-state index is -1.30. The number of rotatable bonds is 28. The van der Waals surface area contributed by atoms with Gasteiger partial charge in [-0.25, -0.2) is 0 Å². The fourth-order valence-electron chi connectivity index (χ4n) is 11.4. The number of hydrogen-bond acceptors (Lipinski definition) is 19. The fraction of sp³-hybridized carbons (Fsp3) is 0.0909. The average molecular weight is 1720 g/mol. The lowest BCUT2D eigenvalue weighted by atomic mass is 9.99. The summed E-state index contributed by atoms with van der Waals surface area (Å²) in [6.07, 6.45) is 0.750. The highest BCUT2D eigenvalue weighted by molar-refractivity contribution is 6.39. The van der Waals surface area contributed by atoms with Gasteiger partial charge >= 0.3 is 0 Å². The van der Waals surface area contributed by atoms with Crippen LogP contribution in [0.15, 0.2) is 243 Å². The number of carbonyl (C=O) groups is 8. The predicted molar refractivity (Wildman–Crippen MR) is 425 cm³/mol. The van der Waals surface area contributed by atoms with Gasteiger partial charge in [0.25, 0.3) is 0 Å². The van der Waals surface area contributed by atoms with Crippen LogP contribution in [0.25, 0.3) is 0 Å². The number of primary amides is 1. The van der Waals surface area contributed by atoms with Gasteiger partial charge in [0, 0.05) is 79.2 Å². The standard InChI is InChI=1S/C22H17Cl2NO4.3C22H16Cl2O5/c23-18-9-10-19(29-12-13-5-7-14(8-6-13)21(25)26)20(24)17(18)11-15-3-1-2-4-16(15)22(27)28;23-18-9-10-19(29-12-14-6-2-4-8-16(14)22(27)28)20(24)17(18)11-13-5-1-3-7-15(13)21(25)26;23-18-8-9-19(29-12-13-4-3-6-15(10-13)21(25)26)20(24)17(18)11-14-5-1-2-7-16(14)22(27)28;23-18-9-10-19(29-12-13-5-7-14(8-6-13)21(25)26)20(24)17(18)11-15-3-1-2-4-16(15)22(27)28/h1-10H,11-12H2,(H2,25,26)(H,27,28);3*1-10H,11-12H2,(H,25,26)(H,27,28)/p-7. The third-order valence-corrected chi connectivity index (χ3v) is 20.5. The van der Waals surface area contributed by atoms with Crippen LogP contribution in [0.3, 0.4) is 0 Å². The molecule has 0 saturated heterocycles. The maximum absolute atomic E-state index is 11.3. The minimum absolute atomic E-state index is 0.0284. The Balaban J connectivity index is 0.000000177. The highest BCUT2D eigenvalue weighted by atomic mass is 35.5. The first-order chi connectivity index (χ1) is 55.5. The van der Waals surface area contributed by atoms with Crippen LogP contribution in [0.1, 0.15) is 150 Å². The molecule has 0 bridgehead atoms. The fourth-order valence-corrected chi connectivity index (χ4v) is 13.7. The summed E-state index contributed by atoms with van der Waals surface area (Å²) in [7, 11) is 0. The van der Waals surface area contributed by atoms with Crippen molar-refractivity contribution in [3.8, 4) is 23.0 Å². The predicted octanol–water partition coefficient (Wildman–Crippen LogP) is 12.3. The molecule has 12 aromatic rings. The number of aromatic carboxylic acids is 7. The summed E-state index contributed by atoms with van der Waals surface area (Å²) in [6, 6.07) is 64.1. The molecule has 28 heteroatoms. The molecule has 0 fully saturated rings. The van der Waals surface area contributed by atoms with Crippen LogP contribution >= 0.6 is 92.8 Å². The van der Waals surface area contributed by atoms with E-state index in [1.165, 1.54) is 54.6 Å². The molecule has 0 unspecified atom stereocenters. The van der Waals surface area contributed by atoms with Crippen molar-refractivity contribution in [1.29, 1.82) is 0 Å². The summed E-state index contributed by atoms with van der Waals surface area (Å²) in [5, 5.41) is 80.9. The molecule has 116 heavy (non-hydrogen) atoms. The van der Waals surface area contributed by atoms with Gasteiger partial charge in [0.2, 0.25) is 5.91 Å². The van der Waals surface area contributed by atoms with E-state index in [1.807, 2.05) is 0 Å². The minimum Gasteiger partial charge on any atom is -0.545 e. The first-order valence-electron chi connectivity index (χ1n) is 34.3. The SMILES string of the molecule is NC(=O)c1ccc(COc2ccc(Cl)c(Cc3ccccc3C(=O)[O-])c2Cl)cc1.O=C([O-])c1ccc(COc2ccc(Cl)c(Cc3ccccc3C(=O)[O-])c2Cl)cc1.O=C([O-])c1cccc(COc2ccc(Cl)c(Cc3ccccc3C(=O)[O-])c2Cl)c1.O=C([O-])c1ccccc1COc1ccc(Cl)c(Cc2ccccc2C(=O)[O-])c1Cl. The molecule has 0 aromatic heterocycles. The van der Waals surface area contributed by atoms with Crippen LogP contribution in [0, 0.1) is 0 Å². The van der Waals surface area contributed by atoms with E-state index in [0.717, 1.165) is 11.1 Å². The Bertz CT molecular complexity index is 5490. The molecule has 0 aliphatic heterocycles. The third-order valence-electron chi connectivity index (χ3n) is 17.4. The molecule has 0 atom stereocenters. The Morgan fingerprint density at radius 2 is 0.509 bits per heavy atom. The first-order valence-corrected chi connectivity index (χ1v) is 37.3. The Labute approximate surface area is 703 Å². The molecule has 12 aromatic carbocycles. The summed E-state index contributed by atoms with van der Waals surface area (Å²) >= 11 is 51.0. The van der Waals surface area contributed by atoms with Gasteiger partial charge in [-0.2, -0.15) is 0 Å². The van der Waals surface area contributed by atoms with Gasteiger partial charge in [-0.05, 0) is 145 Å². The lowest BCUT2D eigenvalue weighted by molar-refractivity contribution is -0.256. The molecule has 1 amide bonds. The molecule has 0 saturated carbocycles. The number of nitrogens with two attached hydrogens (primary N) is 1. The molecule has 20 nitrogen and oxygen atoms in total. The molecule has 2 N–H and O–H groups in total. The lowest BCUT2D eigenvalue weighted by Gasteiger charge is -2.16. The normalized spacial score (nSPS) is 10.6. The van der Waals surface area contributed by atoms with E-state index in [9.17, 15) is 74.1 Å². The molecular weight excluding hydrogens is 1660 g/mol. The van der Waals surface area contributed by atoms with Crippen LogP contribution < -0.4 is 60.4 Å². The number of carboxylic acid groups (broad SMARTS) is 7. The number of carbonyl (C=O) groups excluding carboxylic acids is 8. The van der Waals surface area contributed by atoms with Crippen molar-refractivity contribution < 1.29 is 93.0 Å². The molecular formula is C88H58Cl8NO19-7. The Morgan fingerprint density at radius 3 is 0.793 bits per heavy atom. The van der Waals surface area contributed by atoms with E-state index in [4.69, 9.17) is 117 Å². The third kappa shape index (κ3) is 23.8. The van der Waals surface area contributed by atoms with Crippen LogP contribution in [0.5, 0.6) is 23.0 Å². The van der Waals surface area contributed by atoms with Crippen LogP contribution in [-0.2, 0) is 52.1 Å². The van der Waals surface area contributed by atoms with Crippen molar-refractivity contribution in [2.45, 2.75) is 52.1 Å². The average Bonchev–Trinajstić information content (AvgIpc) is 0.824. The Hall–Kier alpha value is -12.1. The molecule has 0 aliphatic carbocycles. The van der Waals surface area contributed by atoms with Gasteiger partial charge in [0.1, 0.15) is 49.4 Å². The molecule has 0 heterocycles. The maximum Gasteiger partial charge on any atom is 0.248 e. The van der Waals surface area contributed by atoms with Crippen molar-refractivity contribution >= 4 is 140 Å². The smallest absolute Gasteiger partial charge is 0.248 e. The number of carboxylic acids is 7. The number of amides is 1. The van der Waals surface area contributed by atoms with Gasteiger partial charge in [-0.3, -0.25) is 4.79 Å². The van der Waals surface area contributed by atoms with E-state index >= 15 is 0 Å². The van der Waals surface area contributed by atoms with E-state index in [1.54, 1.807) is 188 Å². The second kappa shape index (κ2) is 41.8. The molecule has 12 rings (SSSR count). The first kappa shape index (κ1) is 87.9. The molecule has 592 valence electrons. The summed E-state index contributed by atoms with van der Waals surface area (Å²) in [5.41, 5.74) is 12.8. The second-order valence-electron chi connectivity index (χ2n) is 25.0. The summed E-state index contributed by atoms with van der Waals surface area (Å²) in [4.78, 5) is 89.5. The zero-order valence-electron chi connectivity index (χ0n) is 60.1. The number of hydrogen-bond donors (Lipinski definition) is 1. The lowest BCUT2D eigenvalue weighted by Crippen LogP contribution is -2.24. The molecule has 0 aliphatic rings. The van der Waals surface area contributed by atoms with Crippen molar-refractivity contribution in [2.24, 2.45) is 5.73 Å².